The Morgan fingerprint density at radius 2 is 1.29 bits per heavy atom. The van der Waals surface area contributed by atoms with E-state index in [1.165, 1.54) is 28.1 Å². The topological polar surface area (TPSA) is 3.24 Å². The molecule has 2 saturated carbocycles. The molecule has 0 bridgehead atoms. The molecule has 0 N–H and O–H groups in total. The van der Waals surface area contributed by atoms with Crippen LogP contribution in [0.15, 0.2) is 60.7 Å². The van der Waals surface area contributed by atoms with Crippen LogP contribution in [0.2, 0.25) is 0 Å². The summed E-state index contributed by atoms with van der Waals surface area (Å²) in [5.74, 6) is 3.43. The van der Waals surface area contributed by atoms with E-state index < -0.39 is 7.92 Å². The van der Waals surface area contributed by atoms with Gasteiger partial charge < -0.3 is 4.90 Å². The van der Waals surface area contributed by atoms with Gasteiger partial charge in [0, 0.05) is 17.6 Å². The van der Waals surface area contributed by atoms with Crippen LogP contribution in [0.25, 0.3) is 0 Å². The maximum atomic E-state index is 2.39. The summed E-state index contributed by atoms with van der Waals surface area (Å²) in [7, 11) is 3.85. The molecule has 158 valence electrons. The van der Waals surface area contributed by atoms with Crippen LogP contribution in [-0.4, -0.2) is 25.0 Å². The molecule has 0 spiro atoms. The fraction of sp³-hybridized carbons (Fsp3) is 0.214. The van der Waals surface area contributed by atoms with E-state index in [0.29, 0.717) is 12.0 Å². The number of hydrogen-bond acceptors (Lipinski definition) is 1. The summed E-state index contributed by atoms with van der Waals surface area (Å²) in [5.41, 5.74) is 1.48. The van der Waals surface area contributed by atoms with E-state index in [9.17, 15) is 0 Å². The molecule has 1 nitrogen and oxygen atoms in total. The molecule has 0 aliphatic heterocycles. The predicted molar refractivity (Wildman–Crippen MR) is 130 cm³/mol. The molecule has 2 aliphatic rings. The maximum Gasteiger partial charge on any atom is 2.00 e. The van der Waals surface area contributed by atoms with Gasteiger partial charge in [-0.05, 0) is 95.8 Å². The summed E-state index contributed by atoms with van der Waals surface area (Å²) in [4.78, 5) is 2.39. The van der Waals surface area contributed by atoms with Crippen molar-refractivity contribution < 1.29 is 17.1 Å². The minimum absolute atomic E-state index is 0. The molecule has 2 aromatic rings. The monoisotopic (exact) mass is 467 g/mol. The molecule has 0 amide bonds. The third-order valence-electron chi connectivity index (χ3n) is 5.91. The Labute approximate surface area is 202 Å². The van der Waals surface area contributed by atoms with E-state index in [-0.39, 0.29) is 17.1 Å². The second-order valence-electron chi connectivity index (χ2n) is 8.21. The second kappa shape index (κ2) is 12.0. The summed E-state index contributed by atoms with van der Waals surface area (Å²) in [6.45, 7) is 2.35. The maximum absolute atomic E-state index is 2.39. The Morgan fingerprint density at radius 1 is 0.742 bits per heavy atom. The first-order chi connectivity index (χ1) is 14.6. The van der Waals surface area contributed by atoms with Gasteiger partial charge in [0.2, 0.25) is 0 Å². The van der Waals surface area contributed by atoms with E-state index in [0.717, 1.165) is 6.42 Å². The molecule has 2 fully saturated rings. The van der Waals surface area contributed by atoms with Crippen molar-refractivity contribution in [1.29, 1.82) is 0 Å². The fourth-order valence-electron chi connectivity index (χ4n) is 4.30. The first-order valence-corrected chi connectivity index (χ1v) is 12.0. The van der Waals surface area contributed by atoms with Crippen LogP contribution in [0.5, 0.6) is 0 Å². The largest absolute Gasteiger partial charge is 2.00 e. The SMILES string of the molecule is C[C@H](C[C@H]([C]1[CH][CH][CH][C]1P(c1ccccc1)c1ccccc1)N(C)C)[C]1[CH][CH][CH][CH]1.[Fe+2]. The molecule has 0 unspecified atom stereocenters. The van der Waals surface area contributed by atoms with Gasteiger partial charge in [-0.3, -0.25) is 0 Å². The Morgan fingerprint density at radius 3 is 1.81 bits per heavy atom. The summed E-state index contributed by atoms with van der Waals surface area (Å²) in [6, 6.07) is 22.4. The van der Waals surface area contributed by atoms with Crippen molar-refractivity contribution in [3.8, 4) is 0 Å². The zero-order chi connectivity index (χ0) is 20.9. The van der Waals surface area contributed by atoms with Crippen molar-refractivity contribution in [1.82, 2.24) is 4.90 Å². The van der Waals surface area contributed by atoms with Gasteiger partial charge in [0.1, 0.15) is 0 Å². The van der Waals surface area contributed by atoms with Gasteiger partial charge >= 0.3 is 17.1 Å². The molecule has 2 atom stereocenters. The normalized spacial score (nSPS) is 20.3. The minimum Gasteiger partial charge on any atom is -0.306 e. The Balaban J connectivity index is 0.00000272. The van der Waals surface area contributed by atoms with Crippen LogP contribution in [0.3, 0.4) is 0 Å². The molecule has 31 heavy (non-hydrogen) atoms. The summed E-state index contributed by atoms with van der Waals surface area (Å²) in [6.07, 6.45) is 16.9. The van der Waals surface area contributed by atoms with Gasteiger partial charge in [-0.2, -0.15) is 0 Å². The summed E-state index contributed by atoms with van der Waals surface area (Å²) in [5, 5.41) is 2.82. The molecule has 0 heterocycles. The van der Waals surface area contributed by atoms with Crippen molar-refractivity contribution in [2.45, 2.75) is 19.4 Å². The van der Waals surface area contributed by atoms with Crippen molar-refractivity contribution in [2.24, 2.45) is 5.92 Å². The van der Waals surface area contributed by atoms with Gasteiger partial charge in [-0.1, -0.05) is 67.6 Å². The van der Waals surface area contributed by atoms with Crippen LogP contribution in [0, 0.1) is 68.4 Å². The molecule has 0 saturated heterocycles. The van der Waals surface area contributed by atoms with Crippen molar-refractivity contribution in [3.05, 3.63) is 123 Å². The molecule has 4 rings (SSSR count). The number of rotatable bonds is 8. The van der Waals surface area contributed by atoms with E-state index in [1.807, 2.05) is 0 Å². The van der Waals surface area contributed by atoms with E-state index in [1.54, 1.807) is 0 Å². The predicted octanol–water partition coefficient (Wildman–Crippen LogP) is 5.21. The molecule has 10 radical (unpaired) electrons. The summed E-state index contributed by atoms with van der Waals surface area (Å²) < 4.78 is 0. The van der Waals surface area contributed by atoms with Crippen LogP contribution < -0.4 is 10.6 Å². The van der Waals surface area contributed by atoms with Gasteiger partial charge in [-0.15, -0.1) is 0 Å². The van der Waals surface area contributed by atoms with E-state index in [4.69, 9.17) is 0 Å². The van der Waals surface area contributed by atoms with Crippen LogP contribution in [0.4, 0.5) is 0 Å². The quantitative estimate of drug-likeness (QED) is 0.381. The van der Waals surface area contributed by atoms with Gasteiger partial charge in [0.25, 0.3) is 0 Å². The first-order valence-electron chi connectivity index (χ1n) is 10.7. The standard InChI is InChI=1S/C28H30NP.Fe/c1-22(23-13-10-11-14-23)21-27(29(2)3)26-19-12-20-28(26)30(24-15-6-4-7-16-24)25-17-8-5-9-18-25;/h4-20,22,27H,21H2,1-3H3;/q;+2/t22-,27-;/m1./s1. The Bertz CT molecular complexity index is 720. The third kappa shape index (κ3) is 6.03. The van der Waals surface area contributed by atoms with Crippen LogP contribution >= 0.6 is 7.92 Å². The third-order valence-corrected chi connectivity index (χ3v) is 8.43. The Kier molecular flexibility index (Phi) is 9.66. The van der Waals surface area contributed by atoms with E-state index in [2.05, 4.69) is 132 Å². The number of benzene rings is 2. The van der Waals surface area contributed by atoms with E-state index >= 15 is 0 Å². The van der Waals surface area contributed by atoms with Crippen molar-refractivity contribution in [2.75, 3.05) is 14.1 Å². The summed E-state index contributed by atoms with van der Waals surface area (Å²) >= 11 is 0. The average molecular weight is 467 g/mol. The second-order valence-corrected chi connectivity index (χ2v) is 10.4. The minimum atomic E-state index is -0.584. The zero-order valence-electron chi connectivity index (χ0n) is 18.4. The number of hydrogen-bond donors (Lipinski definition) is 0. The van der Waals surface area contributed by atoms with Crippen LogP contribution in [-0.2, 0) is 17.1 Å². The molecule has 3 heteroatoms. The van der Waals surface area contributed by atoms with Gasteiger partial charge in [0.05, 0.1) is 0 Å². The fourth-order valence-corrected chi connectivity index (χ4v) is 6.81. The molecule has 2 aromatic carbocycles. The van der Waals surface area contributed by atoms with Crippen molar-refractivity contribution in [3.63, 3.8) is 0 Å². The van der Waals surface area contributed by atoms with Crippen LogP contribution in [0.1, 0.15) is 13.3 Å². The smallest absolute Gasteiger partial charge is 0.306 e. The molecular formula is C28H30FeNP+2. The van der Waals surface area contributed by atoms with Gasteiger partial charge in [-0.25, -0.2) is 0 Å². The molecular weight excluding hydrogens is 437 g/mol. The van der Waals surface area contributed by atoms with Crippen molar-refractivity contribution >= 4 is 18.5 Å². The first kappa shape index (κ1) is 25.0. The molecule has 0 aromatic heterocycles. The molecule has 2 aliphatic carbocycles. The average Bonchev–Trinajstić information content (AvgIpc) is 3.46. The Hall–Kier alpha value is -0.651. The number of nitrogens with zero attached hydrogens (tertiary/aromatic N) is 1. The zero-order valence-corrected chi connectivity index (χ0v) is 20.4. The van der Waals surface area contributed by atoms with Gasteiger partial charge in [0.15, 0.2) is 0 Å².